The van der Waals surface area contributed by atoms with Crippen LogP contribution in [0.25, 0.3) is 11.1 Å². The molecule has 0 bridgehead atoms. The van der Waals surface area contributed by atoms with E-state index in [2.05, 4.69) is 13.8 Å². The number of ether oxygens (including phenoxy) is 2. The van der Waals surface area contributed by atoms with Gasteiger partial charge in [-0.05, 0) is 55.2 Å². The van der Waals surface area contributed by atoms with Gasteiger partial charge in [0.25, 0.3) is 0 Å². The molecule has 1 atom stereocenters. The average Bonchev–Trinajstić information content (AvgIpc) is 2.79. The molecular formula is C28H38O4. The Morgan fingerprint density at radius 3 is 1.91 bits per heavy atom. The van der Waals surface area contributed by atoms with Gasteiger partial charge in [0, 0.05) is 6.42 Å². The second-order valence-electron chi connectivity index (χ2n) is 8.45. The summed E-state index contributed by atoms with van der Waals surface area (Å²) in [4.78, 5) is 24.3. The van der Waals surface area contributed by atoms with Gasteiger partial charge in [-0.1, -0.05) is 83.1 Å². The minimum absolute atomic E-state index is 0.0757. The zero-order valence-electron chi connectivity index (χ0n) is 19.9. The summed E-state index contributed by atoms with van der Waals surface area (Å²) in [5, 5.41) is 0. The van der Waals surface area contributed by atoms with E-state index in [1.165, 1.54) is 32.1 Å². The molecule has 0 aliphatic rings. The fourth-order valence-corrected chi connectivity index (χ4v) is 3.64. The highest BCUT2D eigenvalue weighted by atomic mass is 16.5. The van der Waals surface area contributed by atoms with E-state index in [1.54, 1.807) is 12.1 Å². The molecule has 0 fully saturated rings. The van der Waals surface area contributed by atoms with E-state index in [-0.39, 0.29) is 18.0 Å². The van der Waals surface area contributed by atoms with E-state index in [1.807, 2.05) is 43.3 Å². The van der Waals surface area contributed by atoms with Crippen molar-refractivity contribution < 1.29 is 19.1 Å². The predicted molar refractivity (Wildman–Crippen MR) is 130 cm³/mol. The van der Waals surface area contributed by atoms with Crippen LogP contribution in [0.3, 0.4) is 0 Å². The molecular weight excluding hydrogens is 400 g/mol. The molecule has 4 nitrogen and oxygen atoms in total. The van der Waals surface area contributed by atoms with Crippen LogP contribution < -0.4 is 4.74 Å². The highest BCUT2D eigenvalue weighted by Crippen LogP contribution is 2.24. The molecule has 32 heavy (non-hydrogen) atoms. The topological polar surface area (TPSA) is 52.6 Å². The molecule has 4 heteroatoms. The number of unbranched alkanes of at least 4 members (excludes halogenated alkanes) is 6. The Kier molecular flexibility index (Phi) is 11.6. The first-order valence-electron chi connectivity index (χ1n) is 12.2. The Morgan fingerprint density at radius 2 is 1.31 bits per heavy atom. The minimum atomic E-state index is -0.291. The van der Waals surface area contributed by atoms with Crippen molar-refractivity contribution in [3.8, 4) is 16.9 Å². The Balaban J connectivity index is 1.79. The SMILES string of the molecule is CCCCCCCCCC(=O)Oc1ccc(-c2ccc(C(=O)OC(C)CCC)cc2)cc1. The molecule has 0 radical (unpaired) electrons. The predicted octanol–water partition coefficient (Wildman–Crippen LogP) is 7.75. The van der Waals surface area contributed by atoms with Crippen molar-refractivity contribution >= 4 is 11.9 Å². The molecule has 0 amide bonds. The van der Waals surface area contributed by atoms with Gasteiger partial charge in [0.1, 0.15) is 5.75 Å². The summed E-state index contributed by atoms with van der Waals surface area (Å²) >= 11 is 0. The third kappa shape index (κ3) is 9.25. The molecule has 0 saturated heterocycles. The van der Waals surface area contributed by atoms with Crippen LogP contribution in [-0.2, 0) is 9.53 Å². The molecule has 174 valence electrons. The quantitative estimate of drug-likeness (QED) is 0.172. The van der Waals surface area contributed by atoms with E-state index in [9.17, 15) is 9.59 Å². The summed E-state index contributed by atoms with van der Waals surface area (Å²) in [6.45, 7) is 6.20. The second kappa shape index (κ2) is 14.4. The molecule has 0 heterocycles. The maximum atomic E-state index is 12.2. The fourth-order valence-electron chi connectivity index (χ4n) is 3.64. The van der Waals surface area contributed by atoms with Gasteiger partial charge in [0.05, 0.1) is 11.7 Å². The maximum absolute atomic E-state index is 12.2. The Hall–Kier alpha value is -2.62. The minimum Gasteiger partial charge on any atom is -0.459 e. The van der Waals surface area contributed by atoms with Crippen LogP contribution >= 0.6 is 0 Å². The first-order chi connectivity index (χ1) is 15.5. The van der Waals surface area contributed by atoms with Crippen molar-refractivity contribution in [2.75, 3.05) is 0 Å². The molecule has 0 N–H and O–H groups in total. The van der Waals surface area contributed by atoms with E-state index in [0.29, 0.717) is 17.7 Å². The monoisotopic (exact) mass is 438 g/mol. The van der Waals surface area contributed by atoms with Crippen molar-refractivity contribution in [2.45, 2.75) is 91.1 Å². The average molecular weight is 439 g/mol. The summed E-state index contributed by atoms with van der Waals surface area (Å²) in [6, 6.07) is 14.9. The van der Waals surface area contributed by atoms with Gasteiger partial charge >= 0.3 is 11.9 Å². The van der Waals surface area contributed by atoms with Crippen LogP contribution in [0.15, 0.2) is 48.5 Å². The normalized spacial score (nSPS) is 11.7. The maximum Gasteiger partial charge on any atom is 0.338 e. The molecule has 0 spiro atoms. The lowest BCUT2D eigenvalue weighted by atomic mass is 10.0. The van der Waals surface area contributed by atoms with Gasteiger partial charge in [-0.25, -0.2) is 4.79 Å². The van der Waals surface area contributed by atoms with Crippen molar-refractivity contribution in [3.63, 3.8) is 0 Å². The largest absolute Gasteiger partial charge is 0.459 e. The van der Waals surface area contributed by atoms with Crippen LogP contribution in [0.5, 0.6) is 5.75 Å². The smallest absolute Gasteiger partial charge is 0.338 e. The van der Waals surface area contributed by atoms with Crippen molar-refractivity contribution in [2.24, 2.45) is 0 Å². The Morgan fingerprint density at radius 1 is 0.750 bits per heavy atom. The van der Waals surface area contributed by atoms with Crippen LogP contribution in [0, 0.1) is 0 Å². The summed E-state index contributed by atoms with van der Waals surface area (Å²) in [5.74, 6) is 0.0963. The third-order valence-corrected chi connectivity index (χ3v) is 5.53. The molecule has 2 rings (SSSR count). The van der Waals surface area contributed by atoms with E-state index < -0.39 is 0 Å². The number of hydrogen-bond donors (Lipinski definition) is 0. The molecule has 1 unspecified atom stereocenters. The highest BCUT2D eigenvalue weighted by molar-refractivity contribution is 5.90. The van der Waals surface area contributed by atoms with Gasteiger partial charge in [-0.3, -0.25) is 4.79 Å². The van der Waals surface area contributed by atoms with Gasteiger partial charge in [-0.2, -0.15) is 0 Å². The lowest BCUT2D eigenvalue weighted by Crippen LogP contribution is -2.14. The van der Waals surface area contributed by atoms with Crippen LogP contribution in [0.2, 0.25) is 0 Å². The number of carbonyl (C=O) groups excluding carboxylic acids is 2. The van der Waals surface area contributed by atoms with Crippen molar-refractivity contribution in [1.82, 2.24) is 0 Å². The van der Waals surface area contributed by atoms with Crippen molar-refractivity contribution in [1.29, 1.82) is 0 Å². The van der Waals surface area contributed by atoms with E-state index in [4.69, 9.17) is 9.47 Å². The first kappa shape index (κ1) is 25.6. The third-order valence-electron chi connectivity index (χ3n) is 5.53. The van der Waals surface area contributed by atoms with Crippen LogP contribution in [-0.4, -0.2) is 18.0 Å². The molecule has 0 aliphatic carbocycles. The molecule has 0 aliphatic heterocycles. The zero-order chi connectivity index (χ0) is 23.2. The number of rotatable bonds is 14. The molecule has 2 aromatic rings. The number of esters is 2. The zero-order valence-corrected chi connectivity index (χ0v) is 19.9. The number of benzene rings is 2. The number of hydrogen-bond acceptors (Lipinski definition) is 4. The summed E-state index contributed by atoms with van der Waals surface area (Å²) in [7, 11) is 0. The van der Waals surface area contributed by atoms with E-state index in [0.717, 1.165) is 36.8 Å². The lowest BCUT2D eigenvalue weighted by Gasteiger charge is -2.12. The molecule has 0 saturated carbocycles. The lowest BCUT2D eigenvalue weighted by molar-refractivity contribution is -0.134. The van der Waals surface area contributed by atoms with Gasteiger partial charge in [0.2, 0.25) is 0 Å². The van der Waals surface area contributed by atoms with Crippen LogP contribution in [0.4, 0.5) is 0 Å². The fraction of sp³-hybridized carbons (Fsp3) is 0.500. The Bertz CT molecular complexity index is 808. The standard InChI is InChI=1S/C28H38O4/c1-4-6-7-8-9-10-11-13-27(29)32-26-20-18-24(19-21-26)23-14-16-25(17-15-23)28(30)31-22(3)12-5-2/h14-22H,4-13H2,1-3H3. The van der Waals surface area contributed by atoms with E-state index >= 15 is 0 Å². The summed E-state index contributed by atoms with van der Waals surface area (Å²) < 4.78 is 10.9. The second-order valence-corrected chi connectivity index (χ2v) is 8.45. The van der Waals surface area contributed by atoms with Gasteiger partial charge in [-0.15, -0.1) is 0 Å². The van der Waals surface area contributed by atoms with Gasteiger partial charge in [0.15, 0.2) is 0 Å². The molecule has 2 aromatic carbocycles. The van der Waals surface area contributed by atoms with Crippen molar-refractivity contribution in [3.05, 3.63) is 54.1 Å². The van der Waals surface area contributed by atoms with Crippen LogP contribution in [0.1, 0.15) is 95.3 Å². The highest BCUT2D eigenvalue weighted by Gasteiger charge is 2.12. The summed E-state index contributed by atoms with van der Waals surface area (Å²) in [5.41, 5.74) is 2.54. The number of carbonyl (C=O) groups is 2. The molecule has 0 aromatic heterocycles. The summed E-state index contributed by atoms with van der Waals surface area (Å²) in [6.07, 6.45) is 10.5. The first-order valence-corrected chi connectivity index (χ1v) is 12.2. The Labute approximate surface area is 193 Å². The van der Waals surface area contributed by atoms with Gasteiger partial charge < -0.3 is 9.47 Å².